The van der Waals surface area contributed by atoms with Crippen LogP contribution >= 0.6 is 11.6 Å². The van der Waals surface area contributed by atoms with Gasteiger partial charge in [0, 0.05) is 13.1 Å². The SMILES string of the molecule is CCN(CC)c1ncc(Cl)c(C(=O)NNc2ccccc2C(F)(F)F)n1. The van der Waals surface area contributed by atoms with Crippen molar-refractivity contribution in [2.75, 3.05) is 23.4 Å². The van der Waals surface area contributed by atoms with Crippen molar-refractivity contribution in [1.82, 2.24) is 15.4 Å². The highest BCUT2D eigenvalue weighted by molar-refractivity contribution is 6.33. The monoisotopic (exact) mass is 387 g/mol. The van der Waals surface area contributed by atoms with E-state index < -0.39 is 17.6 Å². The molecule has 6 nitrogen and oxygen atoms in total. The fraction of sp³-hybridized carbons (Fsp3) is 0.312. The van der Waals surface area contributed by atoms with E-state index in [1.807, 2.05) is 13.8 Å². The number of hydrazine groups is 1. The Bertz CT molecular complexity index is 781. The van der Waals surface area contributed by atoms with Crippen molar-refractivity contribution in [3.63, 3.8) is 0 Å². The van der Waals surface area contributed by atoms with Crippen LogP contribution in [0.2, 0.25) is 5.02 Å². The molecule has 140 valence electrons. The second kappa shape index (κ2) is 8.22. The minimum absolute atomic E-state index is 0.00990. The summed E-state index contributed by atoms with van der Waals surface area (Å²) >= 11 is 5.96. The van der Waals surface area contributed by atoms with Gasteiger partial charge in [-0.2, -0.15) is 13.2 Å². The molecular weight excluding hydrogens is 371 g/mol. The Morgan fingerprint density at radius 2 is 1.88 bits per heavy atom. The van der Waals surface area contributed by atoms with Crippen LogP contribution in [0.3, 0.4) is 0 Å². The molecule has 0 saturated carbocycles. The first-order chi connectivity index (χ1) is 12.3. The van der Waals surface area contributed by atoms with E-state index >= 15 is 0 Å². The van der Waals surface area contributed by atoms with E-state index in [9.17, 15) is 18.0 Å². The highest BCUT2D eigenvalue weighted by Crippen LogP contribution is 2.34. The first kappa shape index (κ1) is 19.8. The van der Waals surface area contributed by atoms with Crippen LogP contribution in [-0.4, -0.2) is 29.0 Å². The number of nitrogens with one attached hydrogen (secondary N) is 2. The molecule has 2 aromatic rings. The number of aromatic nitrogens is 2. The average Bonchev–Trinajstić information content (AvgIpc) is 2.61. The van der Waals surface area contributed by atoms with Crippen LogP contribution < -0.4 is 15.8 Å². The number of carbonyl (C=O) groups is 1. The molecule has 1 heterocycles. The Kier molecular flexibility index (Phi) is 6.25. The Hall–Kier alpha value is -2.55. The fourth-order valence-electron chi connectivity index (χ4n) is 2.20. The minimum Gasteiger partial charge on any atom is -0.341 e. The van der Waals surface area contributed by atoms with Gasteiger partial charge in [-0.15, -0.1) is 0 Å². The van der Waals surface area contributed by atoms with Crippen LogP contribution in [0, 0.1) is 0 Å². The van der Waals surface area contributed by atoms with Gasteiger partial charge in [0.1, 0.15) is 0 Å². The Labute approximate surface area is 153 Å². The van der Waals surface area contributed by atoms with Crippen molar-refractivity contribution in [2.24, 2.45) is 0 Å². The van der Waals surface area contributed by atoms with Crippen LogP contribution in [-0.2, 0) is 6.18 Å². The van der Waals surface area contributed by atoms with E-state index in [-0.39, 0.29) is 16.4 Å². The summed E-state index contributed by atoms with van der Waals surface area (Å²) in [6, 6.07) is 4.78. The number of halogens is 4. The number of amides is 1. The quantitative estimate of drug-likeness (QED) is 0.739. The Morgan fingerprint density at radius 1 is 1.23 bits per heavy atom. The maximum Gasteiger partial charge on any atom is 0.418 e. The van der Waals surface area contributed by atoms with Gasteiger partial charge in [-0.25, -0.2) is 9.97 Å². The third kappa shape index (κ3) is 4.54. The molecule has 0 aliphatic rings. The summed E-state index contributed by atoms with van der Waals surface area (Å²) < 4.78 is 38.9. The van der Waals surface area contributed by atoms with Gasteiger partial charge in [0.25, 0.3) is 5.91 Å². The normalized spacial score (nSPS) is 11.2. The fourth-order valence-corrected chi connectivity index (χ4v) is 2.38. The molecule has 0 saturated heterocycles. The van der Waals surface area contributed by atoms with E-state index in [4.69, 9.17) is 11.6 Å². The molecule has 2 N–H and O–H groups in total. The van der Waals surface area contributed by atoms with Crippen LogP contribution in [0.15, 0.2) is 30.5 Å². The van der Waals surface area contributed by atoms with Gasteiger partial charge in [-0.3, -0.25) is 15.6 Å². The number of alkyl halides is 3. The van der Waals surface area contributed by atoms with Crippen LogP contribution in [0.5, 0.6) is 0 Å². The second-order valence-electron chi connectivity index (χ2n) is 5.16. The first-order valence-electron chi connectivity index (χ1n) is 7.78. The van der Waals surface area contributed by atoms with Gasteiger partial charge >= 0.3 is 6.18 Å². The molecule has 1 amide bonds. The highest BCUT2D eigenvalue weighted by atomic mass is 35.5. The molecule has 10 heteroatoms. The number of nitrogens with zero attached hydrogens (tertiary/aromatic N) is 3. The van der Waals surface area contributed by atoms with Crippen molar-refractivity contribution < 1.29 is 18.0 Å². The van der Waals surface area contributed by atoms with Crippen LogP contribution in [0.1, 0.15) is 29.9 Å². The average molecular weight is 388 g/mol. The van der Waals surface area contributed by atoms with E-state index in [1.165, 1.54) is 24.4 Å². The number of carbonyl (C=O) groups excluding carboxylic acids is 1. The topological polar surface area (TPSA) is 70.2 Å². The summed E-state index contributed by atoms with van der Waals surface area (Å²) in [5.74, 6) is -0.469. The molecule has 1 aromatic heterocycles. The zero-order chi connectivity index (χ0) is 19.3. The molecule has 0 fully saturated rings. The summed E-state index contributed by atoms with van der Waals surface area (Å²) in [6.07, 6.45) is -3.28. The molecule has 0 radical (unpaired) electrons. The summed E-state index contributed by atoms with van der Waals surface area (Å²) in [5.41, 5.74) is 3.13. The molecule has 0 bridgehead atoms. The zero-order valence-corrected chi connectivity index (χ0v) is 14.8. The van der Waals surface area contributed by atoms with E-state index in [0.717, 1.165) is 6.07 Å². The molecular formula is C16H17ClF3N5O. The Morgan fingerprint density at radius 3 is 2.50 bits per heavy atom. The lowest BCUT2D eigenvalue weighted by molar-refractivity contribution is -0.137. The molecule has 2 rings (SSSR count). The number of rotatable bonds is 6. The predicted molar refractivity (Wildman–Crippen MR) is 93.1 cm³/mol. The van der Waals surface area contributed by atoms with Gasteiger partial charge in [-0.05, 0) is 26.0 Å². The molecule has 0 unspecified atom stereocenters. The summed E-state index contributed by atoms with van der Waals surface area (Å²) in [5, 5.41) is -0.00990. The summed E-state index contributed by atoms with van der Waals surface area (Å²) in [6.45, 7) is 5.04. The van der Waals surface area contributed by atoms with Crippen molar-refractivity contribution in [1.29, 1.82) is 0 Å². The van der Waals surface area contributed by atoms with Gasteiger partial charge in [0.15, 0.2) is 5.69 Å². The maximum absolute atomic E-state index is 13.0. The molecule has 0 aliphatic carbocycles. The van der Waals surface area contributed by atoms with E-state index in [0.29, 0.717) is 19.0 Å². The van der Waals surface area contributed by atoms with Crippen molar-refractivity contribution in [2.45, 2.75) is 20.0 Å². The maximum atomic E-state index is 13.0. The summed E-state index contributed by atoms with van der Waals surface area (Å²) in [7, 11) is 0. The van der Waals surface area contributed by atoms with Gasteiger partial charge in [-0.1, -0.05) is 23.7 Å². The molecule has 0 spiro atoms. The molecule has 1 aromatic carbocycles. The van der Waals surface area contributed by atoms with Crippen LogP contribution in [0.4, 0.5) is 24.8 Å². The minimum atomic E-state index is -4.56. The lowest BCUT2D eigenvalue weighted by Crippen LogP contribution is -2.32. The Balaban J connectivity index is 2.20. The summed E-state index contributed by atoms with van der Waals surface area (Å²) in [4.78, 5) is 22.3. The highest BCUT2D eigenvalue weighted by Gasteiger charge is 2.33. The number of benzene rings is 1. The number of hydrogen-bond donors (Lipinski definition) is 2. The third-order valence-corrected chi connectivity index (χ3v) is 3.81. The van der Waals surface area contributed by atoms with Gasteiger partial charge in [0.05, 0.1) is 22.5 Å². The lowest BCUT2D eigenvalue weighted by atomic mass is 10.2. The van der Waals surface area contributed by atoms with Crippen molar-refractivity contribution in [3.8, 4) is 0 Å². The van der Waals surface area contributed by atoms with E-state index in [2.05, 4.69) is 20.8 Å². The smallest absolute Gasteiger partial charge is 0.341 e. The lowest BCUT2D eigenvalue weighted by Gasteiger charge is -2.19. The van der Waals surface area contributed by atoms with Crippen LogP contribution in [0.25, 0.3) is 0 Å². The number of hydrogen-bond acceptors (Lipinski definition) is 5. The van der Waals surface area contributed by atoms with Gasteiger partial charge < -0.3 is 4.90 Å². The predicted octanol–water partition coefficient (Wildman–Crippen LogP) is 3.75. The van der Waals surface area contributed by atoms with Gasteiger partial charge in [0.2, 0.25) is 5.95 Å². The number of para-hydroxylation sites is 1. The molecule has 0 aliphatic heterocycles. The standard InChI is InChI=1S/C16H17ClF3N5O/c1-3-25(4-2)15-21-9-11(17)13(22-15)14(26)24-23-12-8-6-5-7-10(12)16(18,19)20/h5-9,23H,3-4H2,1-2H3,(H,24,26). The molecule has 0 atom stereocenters. The van der Waals surface area contributed by atoms with Crippen molar-refractivity contribution in [3.05, 3.63) is 46.7 Å². The van der Waals surface area contributed by atoms with E-state index in [1.54, 1.807) is 4.90 Å². The third-order valence-electron chi connectivity index (χ3n) is 3.54. The largest absolute Gasteiger partial charge is 0.418 e. The number of anilines is 2. The van der Waals surface area contributed by atoms with Crippen molar-refractivity contribution >= 4 is 29.1 Å². The zero-order valence-electron chi connectivity index (χ0n) is 14.1. The first-order valence-corrected chi connectivity index (χ1v) is 8.15. The molecule has 26 heavy (non-hydrogen) atoms. The second-order valence-corrected chi connectivity index (χ2v) is 5.57.